The van der Waals surface area contributed by atoms with Gasteiger partial charge in [-0.3, -0.25) is 19.4 Å². The maximum Gasteiger partial charge on any atom is 0.270 e. The van der Waals surface area contributed by atoms with Crippen molar-refractivity contribution >= 4 is 11.7 Å². The van der Waals surface area contributed by atoms with Crippen molar-refractivity contribution in [2.45, 2.75) is 56.9 Å². The Balaban J connectivity index is 1.78. The topological polar surface area (TPSA) is 96.4 Å². The molecule has 1 fully saturated rings. The Morgan fingerprint density at radius 1 is 1.15 bits per heavy atom. The third-order valence-electron chi connectivity index (χ3n) is 5.75. The van der Waals surface area contributed by atoms with E-state index < -0.39 is 0 Å². The van der Waals surface area contributed by atoms with Crippen molar-refractivity contribution in [3.05, 3.63) is 39.7 Å². The summed E-state index contributed by atoms with van der Waals surface area (Å²) in [4.78, 5) is 25.2. The first kappa shape index (κ1) is 17.7. The second-order valence-electron chi connectivity index (χ2n) is 7.45. The van der Waals surface area contributed by atoms with E-state index in [-0.39, 0.29) is 35.6 Å². The number of methoxy groups -OCH3 is 1. The number of phenolic OH excluding ortho intramolecular Hbond substituents is 1. The van der Waals surface area contributed by atoms with Crippen LogP contribution in [0.5, 0.6) is 11.5 Å². The number of benzene rings is 1. The number of nitrogens with zero attached hydrogens (tertiary/aromatic N) is 1. The van der Waals surface area contributed by atoms with Gasteiger partial charge >= 0.3 is 0 Å². The Labute approximate surface area is 157 Å². The van der Waals surface area contributed by atoms with Crippen molar-refractivity contribution in [2.75, 3.05) is 12.4 Å². The van der Waals surface area contributed by atoms with Crippen LogP contribution in [-0.4, -0.2) is 27.9 Å². The van der Waals surface area contributed by atoms with Gasteiger partial charge < -0.3 is 15.2 Å². The van der Waals surface area contributed by atoms with Gasteiger partial charge in [0.2, 0.25) is 5.91 Å². The Bertz CT molecular complexity index is 906. The van der Waals surface area contributed by atoms with Gasteiger partial charge in [0.1, 0.15) is 5.82 Å². The smallest absolute Gasteiger partial charge is 0.270 e. The zero-order valence-corrected chi connectivity index (χ0v) is 15.5. The fourth-order valence-corrected chi connectivity index (χ4v) is 4.37. The van der Waals surface area contributed by atoms with E-state index in [2.05, 4.69) is 10.4 Å². The van der Waals surface area contributed by atoms with Crippen molar-refractivity contribution in [1.29, 1.82) is 0 Å². The number of carbonyl (C=O) groups excluding carboxylic acids is 1. The van der Waals surface area contributed by atoms with E-state index in [9.17, 15) is 14.7 Å². The summed E-state index contributed by atoms with van der Waals surface area (Å²) >= 11 is 0. The number of aromatic nitrogens is 2. The van der Waals surface area contributed by atoms with Gasteiger partial charge in [-0.1, -0.05) is 31.7 Å². The molecular weight excluding hydrogens is 346 g/mol. The number of anilines is 1. The average Bonchev–Trinajstić information content (AvgIpc) is 2.84. The zero-order chi connectivity index (χ0) is 19.0. The minimum absolute atomic E-state index is 0.0340. The first-order valence-electron chi connectivity index (χ1n) is 9.59. The van der Waals surface area contributed by atoms with Gasteiger partial charge in [-0.15, -0.1) is 0 Å². The number of rotatable bonds is 3. The van der Waals surface area contributed by atoms with Crippen LogP contribution < -0.4 is 15.6 Å². The van der Waals surface area contributed by atoms with E-state index >= 15 is 0 Å². The van der Waals surface area contributed by atoms with Gasteiger partial charge in [0.15, 0.2) is 11.5 Å². The summed E-state index contributed by atoms with van der Waals surface area (Å²) in [5, 5.41) is 15.8. The van der Waals surface area contributed by atoms with Gasteiger partial charge in [0, 0.05) is 12.3 Å². The maximum atomic E-state index is 12.8. The average molecular weight is 371 g/mol. The molecule has 2 heterocycles. The van der Waals surface area contributed by atoms with Crippen molar-refractivity contribution in [3.63, 3.8) is 0 Å². The van der Waals surface area contributed by atoms with Crippen molar-refractivity contribution in [2.24, 2.45) is 0 Å². The molecule has 1 aromatic carbocycles. The molecule has 7 nitrogen and oxygen atoms in total. The van der Waals surface area contributed by atoms with Crippen LogP contribution in [-0.2, 0) is 4.79 Å². The maximum absolute atomic E-state index is 12.8. The molecule has 0 spiro atoms. The van der Waals surface area contributed by atoms with E-state index in [1.807, 2.05) is 4.68 Å². The van der Waals surface area contributed by atoms with Gasteiger partial charge in [-0.05, 0) is 30.5 Å². The third kappa shape index (κ3) is 3.22. The number of aromatic hydroxyl groups is 1. The molecule has 0 radical (unpaired) electrons. The number of fused-ring (bicyclic) bond motifs is 1. The lowest BCUT2D eigenvalue weighted by molar-refractivity contribution is -0.116. The van der Waals surface area contributed by atoms with E-state index in [0.29, 0.717) is 17.1 Å². The fourth-order valence-electron chi connectivity index (χ4n) is 4.37. The van der Waals surface area contributed by atoms with E-state index in [4.69, 9.17) is 4.74 Å². The Hall–Kier alpha value is -2.70. The number of aromatic amines is 1. The molecular formula is C20H25N3O4. The van der Waals surface area contributed by atoms with Crippen LogP contribution >= 0.6 is 0 Å². The fraction of sp³-hybridized carbons (Fsp3) is 0.500. The first-order chi connectivity index (χ1) is 13.1. The van der Waals surface area contributed by atoms with Gasteiger partial charge in [-0.2, -0.15) is 0 Å². The highest BCUT2D eigenvalue weighted by atomic mass is 16.5. The molecule has 1 atom stereocenters. The van der Waals surface area contributed by atoms with Crippen molar-refractivity contribution < 1.29 is 14.6 Å². The molecule has 7 heteroatoms. The Kier molecular flexibility index (Phi) is 4.68. The third-order valence-corrected chi connectivity index (χ3v) is 5.75. The molecule has 3 N–H and O–H groups in total. The summed E-state index contributed by atoms with van der Waals surface area (Å²) in [5.41, 5.74) is 1.21. The molecule has 2 aromatic rings. The van der Waals surface area contributed by atoms with E-state index in [1.165, 1.54) is 26.0 Å². The van der Waals surface area contributed by atoms with E-state index in [0.717, 1.165) is 31.2 Å². The predicted octanol–water partition coefficient (Wildman–Crippen LogP) is 3.26. The summed E-state index contributed by atoms with van der Waals surface area (Å²) in [6.45, 7) is 0. The van der Waals surface area contributed by atoms with Crippen LogP contribution in [0.15, 0.2) is 23.0 Å². The van der Waals surface area contributed by atoms with Crippen molar-refractivity contribution in [3.8, 4) is 11.5 Å². The van der Waals surface area contributed by atoms with Crippen LogP contribution in [0.3, 0.4) is 0 Å². The Morgan fingerprint density at radius 3 is 2.59 bits per heavy atom. The van der Waals surface area contributed by atoms with Gasteiger partial charge in [-0.25, -0.2) is 0 Å². The van der Waals surface area contributed by atoms with Crippen LogP contribution in [0.4, 0.5) is 5.82 Å². The molecule has 0 unspecified atom stereocenters. The van der Waals surface area contributed by atoms with Crippen LogP contribution in [0.25, 0.3) is 0 Å². The molecule has 1 saturated carbocycles. The summed E-state index contributed by atoms with van der Waals surface area (Å²) in [6, 6.07) is 5.19. The zero-order valence-electron chi connectivity index (χ0n) is 15.5. The molecule has 2 aliphatic rings. The second-order valence-corrected chi connectivity index (χ2v) is 7.45. The normalized spacial score (nSPS) is 20.6. The number of nitrogens with one attached hydrogen (secondary N) is 2. The number of ether oxygens (including phenoxy) is 1. The largest absolute Gasteiger partial charge is 0.504 e. The summed E-state index contributed by atoms with van der Waals surface area (Å²) in [6.07, 6.45) is 6.89. The molecule has 1 amide bonds. The molecule has 1 aliphatic carbocycles. The van der Waals surface area contributed by atoms with Gasteiger partial charge in [0.25, 0.3) is 5.56 Å². The Morgan fingerprint density at radius 2 is 1.89 bits per heavy atom. The number of hydrogen-bond acceptors (Lipinski definition) is 4. The second kappa shape index (κ2) is 7.13. The van der Waals surface area contributed by atoms with E-state index in [1.54, 1.807) is 12.1 Å². The quantitative estimate of drug-likeness (QED) is 0.722. The molecule has 0 saturated heterocycles. The SMILES string of the molecule is COc1cc([C@@H]2CC(=O)Nc3c2c(=O)[nH]n3C2CCCCCC2)ccc1O. The van der Waals surface area contributed by atoms with Crippen LogP contribution in [0, 0.1) is 0 Å². The molecule has 0 bridgehead atoms. The van der Waals surface area contributed by atoms with Gasteiger partial charge in [0.05, 0.1) is 18.7 Å². The number of amides is 1. The van der Waals surface area contributed by atoms with Crippen molar-refractivity contribution in [1.82, 2.24) is 9.78 Å². The molecule has 1 aliphatic heterocycles. The monoisotopic (exact) mass is 371 g/mol. The predicted molar refractivity (Wildman–Crippen MR) is 102 cm³/mol. The lowest BCUT2D eigenvalue weighted by atomic mass is 9.87. The number of H-pyrrole nitrogens is 1. The standard InChI is InChI=1S/C20H25N3O4/c1-27-16-10-12(8-9-15(16)24)14-11-17(25)21-19-18(14)20(26)22-23(19)13-6-4-2-3-5-7-13/h8-10,13-14,24H,2-7,11H2,1H3,(H,21,25)(H,22,26)/t14-/m0/s1. The molecule has 27 heavy (non-hydrogen) atoms. The minimum atomic E-state index is -0.362. The summed E-state index contributed by atoms with van der Waals surface area (Å²) < 4.78 is 7.07. The number of carbonyl (C=O) groups is 1. The summed E-state index contributed by atoms with van der Waals surface area (Å²) in [7, 11) is 1.48. The molecule has 4 rings (SSSR count). The lowest BCUT2D eigenvalue weighted by Crippen LogP contribution is -2.27. The van der Waals surface area contributed by atoms with Crippen LogP contribution in [0.2, 0.25) is 0 Å². The minimum Gasteiger partial charge on any atom is -0.504 e. The number of phenols is 1. The lowest BCUT2D eigenvalue weighted by Gasteiger charge is -2.26. The summed E-state index contributed by atoms with van der Waals surface area (Å²) in [5.74, 6) is 0.492. The highest BCUT2D eigenvalue weighted by molar-refractivity contribution is 5.94. The highest BCUT2D eigenvalue weighted by Crippen LogP contribution is 2.40. The first-order valence-corrected chi connectivity index (χ1v) is 9.59. The van der Waals surface area contributed by atoms with Crippen LogP contribution in [0.1, 0.15) is 68.0 Å². The molecule has 144 valence electrons. The number of hydrogen-bond donors (Lipinski definition) is 3. The highest BCUT2D eigenvalue weighted by Gasteiger charge is 2.34. The molecule has 1 aromatic heterocycles.